The number of nitrogens with two attached hydrogens (primary N) is 1. The van der Waals surface area contributed by atoms with Gasteiger partial charge in [0.05, 0.1) is 22.5 Å². The third-order valence-electron chi connectivity index (χ3n) is 11.1. The minimum atomic E-state index is -4.61. The number of pyridine rings is 1. The van der Waals surface area contributed by atoms with Gasteiger partial charge in [-0.15, -0.1) is 0 Å². The number of aromatic nitrogens is 5. The van der Waals surface area contributed by atoms with E-state index in [-0.39, 0.29) is 59.9 Å². The van der Waals surface area contributed by atoms with Crippen LogP contribution in [0.1, 0.15) is 78.3 Å². The van der Waals surface area contributed by atoms with Crippen LogP contribution in [0, 0.1) is 19.8 Å². The molecule has 274 valence electrons. The SMILES string of the molecule is Cc1noc(/C=C/C(=O)N2CC[C@@H](N(C)c3nc(OC[C@@]45CCCN4C[C@H](F)C5)nc4c3C[C@H](C)[C@@H](c3nc(N)cc(C)c3C(F)(F)F)C4)C2)n1. The topological polar surface area (TPSA) is 140 Å². The second-order valence-corrected chi connectivity index (χ2v) is 14.6. The predicted molar refractivity (Wildman–Crippen MR) is 180 cm³/mol. The minimum absolute atomic E-state index is 0.0283. The highest BCUT2D eigenvalue weighted by Crippen LogP contribution is 2.46. The van der Waals surface area contributed by atoms with Crippen LogP contribution in [-0.4, -0.2) is 98.4 Å². The third kappa shape index (κ3) is 6.86. The van der Waals surface area contributed by atoms with Crippen LogP contribution in [0.15, 0.2) is 16.7 Å². The number of alkyl halides is 4. The van der Waals surface area contributed by atoms with Crippen LogP contribution in [0.25, 0.3) is 6.08 Å². The third-order valence-corrected chi connectivity index (χ3v) is 11.1. The van der Waals surface area contributed by atoms with Crippen molar-refractivity contribution in [3.05, 3.63) is 51.9 Å². The first kappa shape index (κ1) is 35.1. The molecule has 0 spiro atoms. The Morgan fingerprint density at radius 2 is 1.98 bits per heavy atom. The van der Waals surface area contributed by atoms with E-state index in [2.05, 4.69) is 20.0 Å². The van der Waals surface area contributed by atoms with E-state index < -0.39 is 29.4 Å². The van der Waals surface area contributed by atoms with E-state index in [0.29, 0.717) is 56.2 Å². The van der Waals surface area contributed by atoms with E-state index >= 15 is 0 Å². The Bertz CT molecular complexity index is 1830. The summed E-state index contributed by atoms with van der Waals surface area (Å²) < 4.78 is 69.2. The summed E-state index contributed by atoms with van der Waals surface area (Å²) in [5.74, 6) is 0.300. The zero-order chi connectivity index (χ0) is 36.2. The first-order valence-corrected chi connectivity index (χ1v) is 17.5. The van der Waals surface area contributed by atoms with Gasteiger partial charge in [-0.2, -0.15) is 28.1 Å². The molecule has 0 unspecified atom stereocenters. The standard InChI is InChI=1S/C35H43F4N9O3/c1-19-12-25-26(14-24(19)31-30(35(37,38)39)20(2)13-27(40)43-31)42-33(50-18-34-9-5-10-48(34)16-22(36)15-34)44-32(25)46(4)23-8-11-47(17-23)29(49)7-6-28-41-21(3)45-51-28/h6-7,13,19,22-24H,5,8-12,14-18H2,1-4H3,(H2,40,43)/b7-6+/t19-,22+,23+,24-,34-/m0/s1. The molecule has 2 N–H and O–H groups in total. The summed E-state index contributed by atoms with van der Waals surface area (Å²) in [4.78, 5) is 37.0. The number of hydrogen-bond acceptors (Lipinski definition) is 11. The molecule has 51 heavy (non-hydrogen) atoms. The van der Waals surface area contributed by atoms with Crippen LogP contribution >= 0.6 is 0 Å². The van der Waals surface area contributed by atoms with Crippen molar-refractivity contribution in [3.8, 4) is 6.01 Å². The van der Waals surface area contributed by atoms with Gasteiger partial charge in [0.1, 0.15) is 24.4 Å². The van der Waals surface area contributed by atoms with E-state index in [0.717, 1.165) is 24.9 Å². The normalized spacial score (nSPS) is 26.5. The number of carbonyl (C=O) groups is 1. The van der Waals surface area contributed by atoms with Gasteiger partial charge >= 0.3 is 12.2 Å². The highest BCUT2D eigenvalue weighted by molar-refractivity contribution is 5.91. The van der Waals surface area contributed by atoms with E-state index in [4.69, 9.17) is 25.0 Å². The molecule has 3 saturated heterocycles. The minimum Gasteiger partial charge on any atom is -0.461 e. The van der Waals surface area contributed by atoms with Gasteiger partial charge in [0.15, 0.2) is 5.82 Å². The molecule has 5 atom stereocenters. The fourth-order valence-electron chi connectivity index (χ4n) is 8.54. The Kier molecular flexibility index (Phi) is 9.17. The van der Waals surface area contributed by atoms with Crippen LogP contribution in [-0.2, 0) is 23.8 Å². The number of fused-ring (bicyclic) bond motifs is 2. The molecule has 0 aromatic carbocycles. The van der Waals surface area contributed by atoms with Crippen LogP contribution in [0.2, 0.25) is 0 Å². The predicted octanol–water partition coefficient (Wildman–Crippen LogP) is 4.70. The summed E-state index contributed by atoms with van der Waals surface area (Å²) in [6.07, 6.45) is 0.719. The zero-order valence-electron chi connectivity index (χ0n) is 29.2. The Labute approximate surface area is 293 Å². The first-order valence-electron chi connectivity index (χ1n) is 17.5. The van der Waals surface area contributed by atoms with Gasteiger partial charge in [0, 0.05) is 62.8 Å². The van der Waals surface area contributed by atoms with Crippen LogP contribution in [0.5, 0.6) is 6.01 Å². The number of likely N-dealkylation sites (N-methyl/N-ethyl adjacent to an activating group) is 1. The summed E-state index contributed by atoms with van der Waals surface area (Å²) in [5, 5.41) is 3.74. The summed E-state index contributed by atoms with van der Waals surface area (Å²) in [5.41, 5.74) is 6.16. The molecule has 0 saturated carbocycles. The molecule has 3 aromatic rings. The van der Waals surface area contributed by atoms with Gasteiger partial charge in [0.25, 0.3) is 5.89 Å². The van der Waals surface area contributed by atoms with Crippen LogP contribution in [0.3, 0.4) is 0 Å². The van der Waals surface area contributed by atoms with Crippen molar-refractivity contribution in [1.29, 1.82) is 0 Å². The number of amides is 1. The number of halogens is 4. The van der Waals surface area contributed by atoms with Crippen LogP contribution < -0.4 is 15.4 Å². The number of anilines is 2. The smallest absolute Gasteiger partial charge is 0.418 e. The zero-order valence-corrected chi connectivity index (χ0v) is 29.2. The molecule has 4 aliphatic rings. The summed E-state index contributed by atoms with van der Waals surface area (Å²) >= 11 is 0. The summed E-state index contributed by atoms with van der Waals surface area (Å²) in [6, 6.07) is 1.25. The highest BCUT2D eigenvalue weighted by Gasteiger charge is 2.50. The number of carbonyl (C=O) groups excluding carboxylic acids is 1. The van der Waals surface area contributed by atoms with Crippen molar-refractivity contribution in [2.24, 2.45) is 5.92 Å². The second-order valence-electron chi connectivity index (χ2n) is 14.6. The lowest BCUT2D eigenvalue weighted by molar-refractivity contribution is -0.139. The molecule has 1 aliphatic carbocycles. The first-order chi connectivity index (χ1) is 24.2. The number of hydrogen-bond donors (Lipinski definition) is 1. The quantitative estimate of drug-likeness (QED) is 0.257. The van der Waals surface area contributed by atoms with Gasteiger partial charge in [-0.1, -0.05) is 12.1 Å². The fraction of sp³-hybridized carbons (Fsp3) is 0.600. The average Bonchev–Trinajstić information content (AvgIpc) is 3.85. The van der Waals surface area contributed by atoms with E-state index in [1.165, 1.54) is 25.1 Å². The van der Waals surface area contributed by atoms with E-state index in [1.807, 2.05) is 18.9 Å². The monoisotopic (exact) mass is 713 g/mol. The van der Waals surface area contributed by atoms with Crippen molar-refractivity contribution in [2.45, 2.75) is 89.1 Å². The summed E-state index contributed by atoms with van der Waals surface area (Å²) in [7, 11) is 1.91. The molecule has 3 aromatic heterocycles. The van der Waals surface area contributed by atoms with Gasteiger partial charge < -0.3 is 24.8 Å². The van der Waals surface area contributed by atoms with Crippen LogP contribution in [0.4, 0.5) is 29.2 Å². The maximum atomic E-state index is 14.5. The fourth-order valence-corrected chi connectivity index (χ4v) is 8.54. The van der Waals surface area contributed by atoms with Gasteiger partial charge in [-0.25, -0.2) is 9.37 Å². The maximum Gasteiger partial charge on any atom is 0.418 e. The summed E-state index contributed by atoms with van der Waals surface area (Å²) in [6.45, 7) is 7.33. The molecule has 0 bridgehead atoms. The maximum absolute atomic E-state index is 14.5. The Morgan fingerprint density at radius 1 is 1.18 bits per heavy atom. The Morgan fingerprint density at radius 3 is 2.73 bits per heavy atom. The largest absolute Gasteiger partial charge is 0.461 e. The molecular formula is C35H43F4N9O3. The molecule has 16 heteroatoms. The van der Waals surface area contributed by atoms with Crippen molar-refractivity contribution in [3.63, 3.8) is 0 Å². The lowest BCUT2D eigenvalue weighted by Gasteiger charge is -2.36. The van der Waals surface area contributed by atoms with E-state index in [9.17, 15) is 22.4 Å². The number of ether oxygens (including phenoxy) is 1. The average molecular weight is 714 g/mol. The lowest BCUT2D eigenvalue weighted by Crippen LogP contribution is -2.43. The molecule has 12 nitrogen and oxygen atoms in total. The molecule has 0 radical (unpaired) electrons. The molecule has 6 heterocycles. The molecule has 7 rings (SSSR count). The Hall–Kier alpha value is -4.34. The number of aryl methyl sites for hydroxylation is 2. The van der Waals surface area contributed by atoms with Crippen molar-refractivity contribution >= 4 is 23.6 Å². The highest BCUT2D eigenvalue weighted by atomic mass is 19.4. The second kappa shape index (κ2) is 13.3. The molecule has 3 fully saturated rings. The van der Waals surface area contributed by atoms with Crippen molar-refractivity contribution in [1.82, 2.24) is 34.9 Å². The molecular weight excluding hydrogens is 670 g/mol. The van der Waals surface area contributed by atoms with Gasteiger partial charge in [-0.3, -0.25) is 9.69 Å². The molecule has 1 amide bonds. The number of likely N-dealkylation sites (tertiary alicyclic amines) is 1. The lowest BCUT2D eigenvalue weighted by atomic mass is 9.75. The van der Waals surface area contributed by atoms with Gasteiger partial charge in [0.2, 0.25) is 5.91 Å². The number of nitrogens with zero attached hydrogens (tertiary/aromatic N) is 8. The number of nitrogen functional groups attached to an aromatic ring is 1. The molecule has 3 aliphatic heterocycles. The van der Waals surface area contributed by atoms with Crippen molar-refractivity contribution < 1.29 is 31.6 Å². The Balaban J connectivity index is 1.19. The number of rotatable bonds is 8. The van der Waals surface area contributed by atoms with E-state index in [1.54, 1.807) is 11.8 Å². The van der Waals surface area contributed by atoms with Crippen molar-refractivity contribution in [2.75, 3.05) is 50.5 Å². The van der Waals surface area contributed by atoms with Gasteiger partial charge in [-0.05, 0) is 70.0 Å².